The van der Waals surface area contributed by atoms with Crippen LogP contribution in [0.3, 0.4) is 0 Å². The van der Waals surface area contributed by atoms with Gasteiger partial charge in [0.15, 0.2) is 0 Å². The maximum absolute atomic E-state index is 12.2. The highest BCUT2D eigenvalue weighted by atomic mass is 16.6. The predicted molar refractivity (Wildman–Crippen MR) is 87.2 cm³/mol. The highest BCUT2D eigenvalue weighted by molar-refractivity contribution is 5.78. The summed E-state index contributed by atoms with van der Waals surface area (Å²) in [5.74, 6) is -0.326. The third kappa shape index (κ3) is 2.81. The maximum Gasteiger partial charge on any atom is 0.410 e. The van der Waals surface area contributed by atoms with Crippen LogP contribution in [0.15, 0.2) is 24.3 Å². The van der Waals surface area contributed by atoms with Crippen molar-refractivity contribution in [2.24, 2.45) is 0 Å². The summed E-state index contributed by atoms with van der Waals surface area (Å²) in [7, 11) is 0. The minimum absolute atomic E-state index is 0.351. The molecule has 1 aromatic rings. The van der Waals surface area contributed by atoms with E-state index in [0.717, 1.165) is 5.56 Å². The summed E-state index contributed by atoms with van der Waals surface area (Å²) in [6, 6.07) is 7.47. The first-order valence-corrected chi connectivity index (χ1v) is 8.20. The normalized spacial score (nSPS) is 22.0. The fraction of sp³-hybridized carbons (Fsp3) is 0.556. The summed E-state index contributed by atoms with van der Waals surface area (Å²) in [6.07, 6.45) is -0.174. The number of carbonyl (C=O) groups is 2. The molecule has 1 amide bonds. The Kier molecular flexibility index (Phi) is 3.94. The molecule has 1 spiro atoms. The van der Waals surface area contributed by atoms with Crippen molar-refractivity contribution in [3.8, 4) is 5.75 Å². The molecular weight excluding hydrogens is 310 g/mol. The Balaban J connectivity index is 1.80. The number of amides is 1. The van der Waals surface area contributed by atoms with Crippen molar-refractivity contribution < 1.29 is 24.2 Å². The van der Waals surface area contributed by atoms with Gasteiger partial charge in [-0.25, -0.2) is 9.59 Å². The van der Waals surface area contributed by atoms with E-state index in [1.54, 1.807) is 11.0 Å². The lowest BCUT2D eigenvalue weighted by molar-refractivity contribution is -0.148. The van der Waals surface area contributed by atoms with Crippen molar-refractivity contribution in [2.45, 2.75) is 50.7 Å². The first-order valence-electron chi connectivity index (χ1n) is 8.20. The quantitative estimate of drug-likeness (QED) is 0.855. The summed E-state index contributed by atoms with van der Waals surface area (Å²) in [6.45, 7) is 6.40. The van der Waals surface area contributed by atoms with E-state index in [1.165, 1.54) is 0 Å². The number of carbonyl (C=O) groups excluding carboxylic acids is 1. The molecule has 0 saturated carbocycles. The van der Waals surface area contributed by atoms with Crippen LogP contribution in [0, 0.1) is 0 Å². The van der Waals surface area contributed by atoms with Crippen molar-refractivity contribution in [3.05, 3.63) is 29.8 Å². The highest BCUT2D eigenvalue weighted by Gasteiger charge is 2.54. The Bertz CT molecular complexity index is 656. The average molecular weight is 333 g/mol. The number of aliphatic carboxylic acids is 1. The van der Waals surface area contributed by atoms with Gasteiger partial charge in [-0.05, 0) is 39.7 Å². The van der Waals surface area contributed by atoms with E-state index in [4.69, 9.17) is 9.47 Å². The summed E-state index contributed by atoms with van der Waals surface area (Å²) in [4.78, 5) is 25.6. The maximum atomic E-state index is 12.2. The molecule has 2 heterocycles. The zero-order chi connectivity index (χ0) is 17.5. The molecule has 1 unspecified atom stereocenters. The summed E-state index contributed by atoms with van der Waals surface area (Å²) in [5.41, 5.74) is -0.193. The lowest BCUT2D eigenvalue weighted by Crippen LogP contribution is -2.53. The average Bonchev–Trinajstić information content (AvgIpc) is 2.81. The Labute approximate surface area is 141 Å². The molecule has 0 radical (unpaired) electrons. The summed E-state index contributed by atoms with van der Waals surface area (Å²) < 4.78 is 11.1. The Hall–Kier alpha value is -2.24. The SMILES string of the molecule is CC(C)(C)OC(=O)N1CCC2(CC1)c1ccccc1OC2C(=O)O. The third-order valence-corrected chi connectivity index (χ3v) is 4.70. The van der Waals surface area contributed by atoms with Gasteiger partial charge in [0.05, 0.1) is 5.41 Å². The minimum Gasteiger partial charge on any atom is -0.478 e. The Morgan fingerprint density at radius 1 is 1.25 bits per heavy atom. The molecule has 130 valence electrons. The monoisotopic (exact) mass is 333 g/mol. The first-order chi connectivity index (χ1) is 11.2. The molecule has 24 heavy (non-hydrogen) atoms. The van der Waals surface area contributed by atoms with Crippen LogP contribution < -0.4 is 4.74 Å². The zero-order valence-corrected chi connectivity index (χ0v) is 14.2. The second-order valence-corrected chi connectivity index (χ2v) is 7.46. The van der Waals surface area contributed by atoms with Crippen molar-refractivity contribution in [1.82, 2.24) is 4.90 Å². The number of carboxylic acids is 1. The molecule has 1 atom stereocenters. The number of nitrogens with zero attached hydrogens (tertiary/aromatic N) is 1. The Morgan fingerprint density at radius 3 is 2.46 bits per heavy atom. The zero-order valence-electron chi connectivity index (χ0n) is 14.2. The molecule has 6 nitrogen and oxygen atoms in total. The lowest BCUT2D eigenvalue weighted by atomic mass is 9.70. The van der Waals surface area contributed by atoms with Crippen LogP contribution in [-0.2, 0) is 14.9 Å². The number of hydrogen-bond donors (Lipinski definition) is 1. The van der Waals surface area contributed by atoms with Gasteiger partial charge in [-0.3, -0.25) is 0 Å². The smallest absolute Gasteiger partial charge is 0.410 e. The molecule has 0 bridgehead atoms. The van der Waals surface area contributed by atoms with Gasteiger partial charge in [-0.2, -0.15) is 0 Å². The fourth-order valence-corrected chi connectivity index (χ4v) is 3.59. The Morgan fingerprint density at radius 2 is 1.88 bits per heavy atom. The van der Waals surface area contributed by atoms with Gasteiger partial charge < -0.3 is 19.5 Å². The molecule has 1 saturated heterocycles. The molecule has 3 rings (SSSR count). The number of ether oxygens (including phenoxy) is 2. The van der Waals surface area contributed by atoms with E-state index in [-0.39, 0.29) is 6.09 Å². The van der Waals surface area contributed by atoms with Crippen LogP contribution in [0.25, 0.3) is 0 Å². The second kappa shape index (κ2) is 5.69. The van der Waals surface area contributed by atoms with E-state index < -0.39 is 23.1 Å². The van der Waals surface area contributed by atoms with Crippen LogP contribution in [0.2, 0.25) is 0 Å². The molecule has 1 N–H and O–H groups in total. The standard InChI is InChI=1S/C18H23NO5/c1-17(2,3)24-16(22)19-10-8-18(9-11-19)12-6-4-5-7-13(12)23-14(18)15(20)21/h4-7,14H,8-11H2,1-3H3,(H,20,21). The number of fused-ring (bicyclic) bond motifs is 2. The number of benzene rings is 1. The summed E-state index contributed by atoms with van der Waals surface area (Å²) in [5, 5.41) is 9.60. The van der Waals surface area contributed by atoms with Crippen molar-refractivity contribution >= 4 is 12.1 Å². The highest BCUT2D eigenvalue weighted by Crippen LogP contribution is 2.49. The lowest BCUT2D eigenvalue weighted by Gasteiger charge is -2.40. The minimum atomic E-state index is -0.961. The van der Waals surface area contributed by atoms with E-state index in [9.17, 15) is 14.7 Å². The molecule has 6 heteroatoms. The van der Waals surface area contributed by atoms with E-state index in [1.807, 2.05) is 39.0 Å². The molecule has 1 aromatic carbocycles. The van der Waals surface area contributed by atoms with Gasteiger partial charge in [0.1, 0.15) is 11.4 Å². The van der Waals surface area contributed by atoms with Gasteiger partial charge in [-0.1, -0.05) is 18.2 Å². The van der Waals surface area contributed by atoms with Crippen LogP contribution in [0.1, 0.15) is 39.2 Å². The molecule has 0 aliphatic carbocycles. The van der Waals surface area contributed by atoms with Crippen molar-refractivity contribution in [1.29, 1.82) is 0 Å². The fourth-order valence-electron chi connectivity index (χ4n) is 3.59. The number of piperidine rings is 1. The van der Waals surface area contributed by atoms with Gasteiger partial charge in [-0.15, -0.1) is 0 Å². The summed E-state index contributed by atoms with van der Waals surface area (Å²) >= 11 is 0. The third-order valence-electron chi connectivity index (χ3n) is 4.70. The van der Waals surface area contributed by atoms with Gasteiger partial charge in [0, 0.05) is 18.7 Å². The number of likely N-dealkylation sites (tertiary alicyclic amines) is 1. The first kappa shape index (κ1) is 16.6. The number of carboxylic acid groups (broad SMARTS) is 1. The molecule has 0 aromatic heterocycles. The topological polar surface area (TPSA) is 76.1 Å². The van der Waals surface area contributed by atoms with Gasteiger partial charge in [0.2, 0.25) is 6.10 Å². The predicted octanol–water partition coefficient (Wildman–Crippen LogP) is 2.80. The van der Waals surface area contributed by atoms with Crippen LogP contribution in [-0.4, -0.2) is 46.9 Å². The van der Waals surface area contributed by atoms with Crippen LogP contribution in [0.4, 0.5) is 4.79 Å². The van der Waals surface area contributed by atoms with Crippen LogP contribution >= 0.6 is 0 Å². The van der Waals surface area contributed by atoms with E-state index in [0.29, 0.717) is 31.7 Å². The van der Waals surface area contributed by atoms with Gasteiger partial charge >= 0.3 is 12.1 Å². The second-order valence-electron chi connectivity index (χ2n) is 7.46. The number of para-hydroxylation sites is 1. The van der Waals surface area contributed by atoms with Gasteiger partial charge in [0.25, 0.3) is 0 Å². The molecule has 2 aliphatic heterocycles. The molecule has 1 fully saturated rings. The van der Waals surface area contributed by atoms with E-state index in [2.05, 4.69) is 0 Å². The molecule has 2 aliphatic rings. The van der Waals surface area contributed by atoms with E-state index >= 15 is 0 Å². The number of rotatable bonds is 1. The van der Waals surface area contributed by atoms with Crippen molar-refractivity contribution in [3.63, 3.8) is 0 Å². The largest absolute Gasteiger partial charge is 0.478 e. The van der Waals surface area contributed by atoms with Crippen LogP contribution in [0.5, 0.6) is 5.75 Å². The van der Waals surface area contributed by atoms with Crippen molar-refractivity contribution in [2.75, 3.05) is 13.1 Å². The molecular formula is C18H23NO5. The number of hydrogen-bond acceptors (Lipinski definition) is 4.